The molecule has 0 N–H and O–H groups in total. The van der Waals surface area contributed by atoms with E-state index in [4.69, 9.17) is 0 Å². The van der Waals surface area contributed by atoms with Crippen LogP contribution in [0.2, 0.25) is 0 Å². The van der Waals surface area contributed by atoms with E-state index in [1.54, 1.807) is 0 Å². The zero-order valence-corrected chi connectivity index (χ0v) is 64.2. The predicted molar refractivity (Wildman–Crippen MR) is 483 cm³/mol. The van der Waals surface area contributed by atoms with Gasteiger partial charge in [-0.05, 0) is 252 Å². The largest absolute Gasteiger partial charge is 0.0622 e. The third-order valence-electron chi connectivity index (χ3n) is 22.3. The summed E-state index contributed by atoms with van der Waals surface area (Å²) in [5, 5.41) is 21.0. The molecule has 0 atom stereocenters. The Bertz CT molecular complexity index is 6600. The minimum atomic E-state index is 1.24. The number of hydrogen-bond donors (Lipinski definition) is 0. The fraction of sp³-hybridized carbons (Fsp3) is 0.0631. The van der Waals surface area contributed by atoms with Crippen LogP contribution >= 0.6 is 0 Å². The SMILES string of the molecule is Cc1c2ccccc2c(-c2ccc3c(-c4ccccc4)c(-c4ccccc4)c4ccccc4c3c2)c2ccccc12.Cc1c2ccccc2c(-c2ccc3c(C)c(C)c4ccccc4c3c2)c2ccccc12.Cc1ccc(-c2ccccc2)cc1.Cc1cccc(-c2ccccc2)c1.Cc1ccccc1-c1ccccc1. The van der Waals surface area contributed by atoms with Crippen molar-refractivity contribution in [2.24, 2.45) is 0 Å². The van der Waals surface area contributed by atoms with E-state index in [-0.39, 0.29) is 0 Å². The van der Waals surface area contributed by atoms with Gasteiger partial charge in [0, 0.05) is 0 Å². The van der Waals surface area contributed by atoms with Crippen LogP contribution in [0.15, 0.2) is 406 Å². The summed E-state index contributed by atoms with van der Waals surface area (Å²) in [4.78, 5) is 0. The van der Waals surface area contributed by atoms with Gasteiger partial charge in [-0.15, -0.1) is 0 Å². The van der Waals surface area contributed by atoms with Gasteiger partial charge in [0.05, 0.1) is 0 Å². The van der Waals surface area contributed by atoms with Gasteiger partial charge in [-0.3, -0.25) is 0 Å². The Morgan fingerprint density at radius 3 is 0.811 bits per heavy atom. The van der Waals surface area contributed by atoms with Crippen LogP contribution in [0.1, 0.15) is 38.9 Å². The van der Waals surface area contributed by atoms with Gasteiger partial charge in [0.2, 0.25) is 0 Å². The molecule has 111 heavy (non-hydrogen) atoms. The molecule has 0 aromatic heterocycles. The Balaban J connectivity index is 0.000000116. The van der Waals surface area contributed by atoms with Gasteiger partial charge in [-0.2, -0.15) is 0 Å². The van der Waals surface area contributed by atoms with E-state index >= 15 is 0 Å². The molecule has 0 heterocycles. The topological polar surface area (TPSA) is 0 Å². The van der Waals surface area contributed by atoms with E-state index in [1.165, 1.54) is 203 Å². The van der Waals surface area contributed by atoms with Crippen molar-refractivity contribution in [2.45, 2.75) is 48.5 Å². The fourth-order valence-electron chi connectivity index (χ4n) is 16.5. The Kier molecular flexibility index (Phi) is 21.0. The minimum absolute atomic E-state index is 1.24. The van der Waals surface area contributed by atoms with Gasteiger partial charge in [0.1, 0.15) is 0 Å². The van der Waals surface area contributed by atoms with E-state index in [0.29, 0.717) is 0 Å². The Morgan fingerprint density at radius 2 is 0.396 bits per heavy atom. The second kappa shape index (κ2) is 32.5. The third kappa shape index (κ3) is 14.8. The predicted octanol–water partition coefficient (Wildman–Crippen LogP) is 31.5. The first kappa shape index (κ1) is 71.7. The van der Waals surface area contributed by atoms with Crippen LogP contribution in [0.5, 0.6) is 0 Å². The summed E-state index contributed by atoms with van der Waals surface area (Å²) >= 11 is 0. The van der Waals surface area contributed by atoms with Crippen molar-refractivity contribution in [1.29, 1.82) is 0 Å². The molecule has 0 fully saturated rings. The van der Waals surface area contributed by atoms with Gasteiger partial charge < -0.3 is 0 Å². The number of rotatable bonds is 7. The highest BCUT2D eigenvalue weighted by Gasteiger charge is 2.21. The summed E-state index contributed by atoms with van der Waals surface area (Å²) in [5.41, 5.74) is 27.4. The number of aryl methyl sites for hydroxylation is 7. The molecule has 20 aromatic carbocycles. The molecule has 0 bridgehead atoms. The summed E-state index contributed by atoms with van der Waals surface area (Å²) < 4.78 is 0. The molecule has 20 aromatic rings. The Morgan fingerprint density at radius 1 is 0.126 bits per heavy atom. The maximum absolute atomic E-state index is 2.43. The second-order valence-corrected chi connectivity index (χ2v) is 29.2. The first-order chi connectivity index (χ1) is 54.5. The molecular weight excluding hydrogens is 1330 g/mol. The average molecular weight is 1420 g/mol. The molecular formula is C111H88. The van der Waals surface area contributed by atoms with Crippen molar-refractivity contribution in [3.05, 3.63) is 445 Å². The van der Waals surface area contributed by atoms with Gasteiger partial charge in [-0.25, -0.2) is 0 Å². The monoisotopic (exact) mass is 1420 g/mol. The molecule has 0 radical (unpaired) electrons. The number of fused-ring (bicyclic) bond motifs is 10. The first-order valence-corrected chi connectivity index (χ1v) is 38.7. The van der Waals surface area contributed by atoms with Crippen LogP contribution < -0.4 is 0 Å². The molecule has 0 unspecified atom stereocenters. The van der Waals surface area contributed by atoms with E-state index in [2.05, 4.69) is 437 Å². The zero-order chi connectivity index (χ0) is 75.7. The van der Waals surface area contributed by atoms with Crippen LogP contribution in [0.4, 0.5) is 0 Å². The average Bonchev–Trinajstić information content (AvgIpc) is 0.730. The van der Waals surface area contributed by atoms with Gasteiger partial charge in [-0.1, -0.05) is 405 Å². The second-order valence-electron chi connectivity index (χ2n) is 29.2. The lowest BCUT2D eigenvalue weighted by Crippen LogP contribution is -1.93. The fourth-order valence-corrected chi connectivity index (χ4v) is 16.5. The molecule has 532 valence electrons. The summed E-state index contributed by atoms with van der Waals surface area (Å²) in [6.07, 6.45) is 0. The molecule has 0 aliphatic rings. The molecule has 0 aliphatic carbocycles. The summed E-state index contributed by atoms with van der Waals surface area (Å²) in [7, 11) is 0. The van der Waals surface area contributed by atoms with E-state index in [1.807, 2.05) is 18.2 Å². The van der Waals surface area contributed by atoms with Gasteiger partial charge >= 0.3 is 0 Å². The van der Waals surface area contributed by atoms with Gasteiger partial charge in [0.25, 0.3) is 0 Å². The van der Waals surface area contributed by atoms with Crippen molar-refractivity contribution in [3.8, 4) is 77.9 Å². The summed E-state index contributed by atoms with van der Waals surface area (Å²) in [6.45, 7) is 15.4. The standard InChI is InChI=1S/C41H28.C31H24.3C13H12/c1-27-31-18-8-11-21-34(31)39(35-22-12-9-19-32(27)35)30-24-25-37-38(26-30)33-20-10-13-23-36(33)40(28-14-4-2-5-15-28)41(37)29-16-6-3-7-17-29;1-19-20(2)26-17-16-22(18-30(26)27-13-7-4-10-23(19)27)31-28-14-8-5-11-24(28)21(3)25-12-6-9-15-29(25)31;1-11-7-5-6-10-13(11)12-8-3-2-4-9-12;1-11-6-5-9-13(10-11)12-7-3-2-4-8-12;1-11-7-9-13(10-8-11)12-5-3-2-4-6-12/h2-26H,1H3;4-18H,1-3H3;3*2-10H,1H3. The van der Waals surface area contributed by atoms with Crippen molar-refractivity contribution >= 4 is 86.2 Å². The molecule has 0 saturated heterocycles. The Hall–Kier alpha value is -13.5. The summed E-state index contributed by atoms with van der Waals surface area (Å²) in [6, 6.07) is 146. The quantitative estimate of drug-likeness (QED) is 0.110. The lowest BCUT2D eigenvalue weighted by atomic mass is 9.83. The highest BCUT2D eigenvalue weighted by Crippen LogP contribution is 2.48. The molecule has 20 rings (SSSR count). The van der Waals surface area contributed by atoms with Crippen molar-refractivity contribution in [3.63, 3.8) is 0 Å². The van der Waals surface area contributed by atoms with Crippen LogP contribution in [-0.4, -0.2) is 0 Å². The highest BCUT2D eigenvalue weighted by molar-refractivity contribution is 6.24. The lowest BCUT2D eigenvalue weighted by Gasteiger charge is -2.20. The number of benzene rings is 20. The van der Waals surface area contributed by atoms with Crippen LogP contribution in [0, 0.1) is 48.5 Å². The van der Waals surface area contributed by atoms with Gasteiger partial charge in [0.15, 0.2) is 0 Å². The Labute approximate surface area is 653 Å². The van der Waals surface area contributed by atoms with Crippen LogP contribution in [0.25, 0.3) is 164 Å². The normalized spacial score (nSPS) is 11.0. The minimum Gasteiger partial charge on any atom is -0.0622 e. The van der Waals surface area contributed by atoms with Crippen LogP contribution in [0.3, 0.4) is 0 Å². The molecule has 0 saturated carbocycles. The van der Waals surface area contributed by atoms with Crippen LogP contribution in [-0.2, 0) is 0 Å². The van der Waals surface area contributed by atoms with Crippen molar-refractivity contribution in [2.75, 3.05) is 0 Å². The maximum Gasteiger partial charge on any atom is -0.00203 e. The van der Waals surface area contributed by atoms with Crippen molar-refractivity contribution < 1.29 is 0 Å². The first-order valence-electron chi connectivity index (χ1n) is 38.7. The molecule has 0 nitrogen and oxygen atoms in total. The third-order valence-corrected chi connectivity index (χ3v) is 22.3. The summed E-state index contributed by atoms with van der Waals surface area (Å²) in [5.74, 6) is 0. The molecule has 0 spiro atoms. The van der Waals surface area contributed by atoms with E-state index in [9.17, 15) is 0 Å². The number of hydrogen-bond acceptors (Lipinski definition) is 0. The zero-order valence-electron chi connectivity index (χ0n) is 64.2. The smallest absolute Gasteiger partial charge is 0.00203 e. The van der Waals surface area contributed by atoms with E-state index < -0.39 is 0 Å². The highest BCUT2D eigenvalue weighted by atomic mass is 14.2. The van der Waals surface area contributed by atoms with E-state index in [0.717, 1.165) is 0 Å². The maximum atomic E-state index is 2.43. The molecule has 0 heteroatoms. The lowest BCUT2D eigenvalue weighted by molar-refractivity contribution is 1.41. The van der Waals surface area contributed by atoms with Crippen molar-refractivity contribution in [1.82, 2.24) is 0 Å². The molecule has 0 amide bonds. The molecule has 0 aliphatic heterocycles.